The van der Waals surface area contributed by atoms with Crippen molar-refractivity contribution in [2.24, 2.45) is 7.05 Å². The predicted molar refractivity (Wildman–Crippen MR) is 61.8 cm³/mol. The lowest BCUT2D eigenvalue weighted by molar-refractivity contribution is -0.135. The van der Waals surface area contributed by atoms with Gasteiger partial charge in [-0.05, 0) is 6.07 Å². The maximum atomic E-state index is 12.3. The van der Waals surface area contributed by atoms with Crippen LogP contribution >= 0.6 is 0 Å². The lowest BCUT2D eigenvalue weighted by Crippen LogP contribution is -2.38. The summed E-state index contributed by atoms with van der Waals surface area (Å²) in [6, 6.07) is 1.16. The molecule has 1 aromatic heterocycles. The highest BCUT2D eigenvalue weighted by Crippen LogP contribution is 2.23. The summed E-state index contributed by atoms with van der Waals surface area (Å²) < 4.78 is 62.8. The molecular weight excluding hydrogens is 285 g/mol. The van der Waals surface area contributed by atoms with Gasteiger partial charge in [0.05, 0.1) is 6.61 Å². The average Bonchev–Trinajstić information content (AvgIpc) is 2.66. The SMILES string of the molecule is CCN(CC(F)(F)F)S(=O)(=O)c1cc(CO)n(C)c1. The Morgan fingerprint density at radius 2 is 2.00 bits per heavy atom. The van der Waals surface area contributed by atoms with Crippen molar-refractivity contribution in [1.29, 1.82) is 0 Å². The maximum Gasteiger partial charge on any atom is 0.402 e. The van der Waals surface area contributed by atoms with Crippen molar-refractivity contribution in [3.8, 4) is 0 Å². The van der Waals surface area contributed by atoms with Crippen LogP contribution in [0.4, 0.5) is 13.2 Å². The van der Waals surface area contributed by atoms with Crippen LogP contribution < -0.4 is 0 Å². The standard InChI is InChI=1S/C10H15F3N2O3S/c1-3-15(7-10(11,12)13)19(17,18)9-4-8(6-16)14(2)5-9/h4-5,16H,3,6-7H2,1-2H3. The fourth-order valence-electron chi connectivity index (χ4n) is 1.59. The first-order valence-electron chi connectivity index (χ1n) is 5.44. The molecule has 1 aromatic rings. The quantitative estimate of drug-likeness (QED) is 0.885. The highest BCUT2D eigenvalue weighted by molar-refractivity contribution is 7.89. The summed E-state index contributed by atoms with van der Waals surface area (Å²) in [7, 11) is -2.71. The van der Waals surface area contributed by atoms with Crippen LogP contribution in [0.2, 0.25) is 0 Å². The van der Waals surface area contributed by atoms with E-state index >= 15 is 0 Å². The number of hydrogen-bond acceptors (Lipinski definition) is 3. The molecule has 9 heteroatoms. The first-order chi connectivity index (χ1) is 8.61. The molecule has 1 heterocycles. The lowest BCUT2D eigenvalue weighted by atomic mass is 10.5. The number of rotatable bonds is 5. The van der Waals surface area contributed by atoms with E-state index in [1.165, 1.54) is 24.7 Å². The van der Waals surface area contributed by atoms with E-state index in [-0.39, 0.29) is 11.4 Å². The molecule has 0 saturated carbocycles. The third kappa shape index (κ3) is 3.71. The molecule has 0 amide bonds. The Balaban J connectivity index is 3.13. The van der Waals surface area contributed by atoms with E-state index in [0.29, 0.717) is 10.00 Å². The molecule has 0 saturated heterocycles. The van der Waals surface area contributed by atoms with Gasteiger partial charge < -0.3 is 9.67 Å². The number of halogens is 3. The number of aromatic nitrogens is 1. The molecule has 0 unspecified atom stereocenters. The fraction of sp³-hybridized carbons (Fsp3) is 0.600. The van der Waals surface area contributed by atoms with E-state index in [2.05, 4.69) is 0 Å². The maximum absolute atomic E-state index is 12.3. The Kier molecular flexibility index (Phi) is 4.64. The van der Waals surface area contributed by atoms with E-state index in [0.717, 1.165) is 6.07 Å². The molecule has 5 nitrogen and oxygen atoms in total. The number of nitrogens with zero attached hydrogens (tertiary/aromatic N) is 2. The van der Waals surface area contributed by atoms with Crippen molar-refractivity contribution in [3.63, 3.8) is 0 Å². The number of aliphatic hydroxyl groups excluding tert-OH is 1. The molecule has 0 aliphatic heterocycles. The number of alkyl halides is 3. The molecule has 0 spiro atoms. The van der Waals surface area contributed by atoms with Gasteiger partial charge in [-0.25, -0.2) is 8.42 Å². The zero-order valence-corrected chi connectivity index (χ0v) is 11.3. The zero-order valence-electron chi connectivity index (χ0n) is 10.5. The summed E-state index contributed by atoms with van der Waals surface area (Å²) in [5.74, 6) is 0. The first-order valence-corrected chi connectivity index (χ1v) is 6.88. The Morgan fingerprint density at radius 1 is 1.42 bits per heavy atom. The highest BCUT2D eigenvalue weighted by atomic mass is 32.2. The largest absolute Gasteiger partial charge is 0.402 e. The molecule has 0 aliphatic carbocycles. The molecule has 0 radical (unpaired) electrons. The topological polar surface area (TPSA) is 62.5 Å². The predicted octanol–water partition coefficient (Wildman–Crippen LogP) is 1.09. The Labute approximate surface area is 109 Å². The molecule has 1 N–H and O–H groups in total. The molecule has 0 bridgehead atoms. The van der Waals surface area contributed by atoms with Crippen LogP contribution in [0.5, 0.6) is 0 Å². The summed E-state index contributed by atoms with van der Waals surface area (Å²) in [6.45, 7) is -0.878. The van der Waals surface area contributed by atoms with E-state index < -0.39 is 29.4 Å². The third-order valence-corrected chi connectivity index (χ3v) is 4.48. The highest BCUT2D eigenvalue weighted by Gasteiger charge is 2.36. The third-order valence-electron chi connectivity index (χ3n) is 2.59. The van der Waals surface area contributed by atoms with Crippen molar-refractivity contribution < 1.29 is 26.7 Å². The minimum absolute atomic E-state index is 0.259. The molecule has 0 aromatic carbocycles. The minimum atomic E-state index is -4.60. The molecular formula is C10H15F3N2O3S. The van der Waals surface area contributed by atoms with Gasteiger partial charge in [0, 0.05) is 25.5 Å². The Morgan fingerprint density at radius 3 is 2.37 bits per heavy atom. The molecule has 0 aliphatic rings. The summed E-state index contributed by atoms with van der Waals surface area (Å²) in [5.41, 5.74) is 0.307. The molecule has 19 heavy (non-hydrogen) atoms. The van der Waals surface area contributed by atoms with Gasteiger partial charge >= 0.3 is 6.18 Å². The fourth-order valence-corrected chi connectivity index (χ4v) is 3.12. The Hall–Kier alpha value is -1.06. The number of aryl methyl sites for hydroxylation is 1. The van der Waals surface area contributed by atoms with Gasteiger partial charge in [-0.15, -0.1) is 0 Å². The molecule has 0 fully saturated rings. The molecule has 0 atom stereocenters. The van der Waals surface area contributed by atoms with Crippen molar-refractivity contribution in [2.45, 2.75) is 24.6 Å². The van der Waals surface area contributed by atoms with Crippen LogP contribution in [-0.4, -0.2) is 41.7 Å². The van der Waals surface area contributed by atoms with Crippen LogP contribution in [0, 0.1) is 0 Å². The first kappa shape index (κ1) is 16.0. The van der Waals surface area contributed by atoms with Crippen LogP contribution in [0.25, 0.3) is 0 Å². The number of aliphatic hydroxyl groups is 1. The van der Waals surface area contributed by atoms with Crippen LogP contribution in [0.15, 0.2) is 17.2 Å². The van der Waals surface area contributed by atoms with Gasteiger partial charge in [-0.3, -0.25) is 0 Å². The van der Waals surface area contributed by atoms with E-state index in [1.54, 1.807) is 0 Å². The van der Waals surface area contributed by atoms with E-state index in [1.807, 2.05) is 0 Å². The summed E-state index contributed by atoms with van der Waals surface area (Å²) >= 11 is 0. The van der Waals surface area contributed by atoms with Gasteiger partial charge in [-0.1, -0.05) is 6.92 Å². The van der Waals surface area contributed by atoms with Crippen molar-refractivity contribution in [3.05, 3.63) is 18.0 Å². The van der Waals surface area contributed by atoms with Crippen LogP contribution in [-0.2, 0) is 23.7 Å². The normalized spacial score (nSPS) is 13.2. The van der Waals surface area contributed by atoms with Gasteiger partial charge in [0.15, 0.2) is 0 Å². The second-order valence-corrected chi connectivity index (χ2v) is 5.92. The van der Waals surface area contributed by atoms with Gasteiger partial charge in [0.2, 0.25) is 10.0 Å². The summed E-state index contributed by atoms with van der Waals surface area (Å²) in [4.78, 5) is -0.259. The lowest BCUT2D eigenvalue weighted by Gasteiger charge is -2.21. The average molecular weight is 300 g/mol. The molecule has 110 valence electrons. The minimum Gasteiger partial charge on any atom is -0.390 e. The van der Waals surface area contributed by atoms with Crippen LogP contribution in [0.3, 0.4) is 0 Å². The Bertz CT molecular complexity index is 537. The number of sulfonamides is 1. The summed E-state index contributed by atoms with van der Waals surface area (Å²) in [6.07, 6.45) is -3.42. The van der Waals surface area contributed by atoms with Crippen molar-refractivity contribution in [1.82, 2.24) is 8.87 Å². The van der Waals surface area contributed by atoms with E-state index in [9.17, 15) is 21.6 Å². The second kappa shape index (κ2) is 5.51. The zero-order chi connectivity index (χ0) is 14.8. The second-order valence-electron chi connectivity index (χ2n) is 3.98. The van der Waals surface area contributed by atoms with Crippen molar-refractivity contribution >= 4 is 10.0 Å². The van der Waals surface area contributed by atoms with Crippen LogP contribution in [0.1, 0.15) is 12.6 Å². The molecule has 1 rings (SSSR count). The van der Waals surface area contributed by atoms with E-state index in [4.69, 9.17) is 5.11 Å². The smallest absolute Gasteiger partial charge is 0.390 e. The summed E-state index contributed by atoms with van der Waals surface area (Å²) in [5, 5.41) is 8.97. The van der Waals surface area contributed by atoms with Crippen molar-refractivity contribution in [2.75, 3.05) is 13.1 Å². The monoisotopic (exact) mass is 300 g/mol. The van der Waals surface area contributed by atoms with Gasteiger partial charge in [0.1, 0.15) is 11.4 Å². The van der Waals surface area contributed by atoms with Gasteiger partial charge in [-0.2, -0.15) is 17.5 Å². The van der Waals surface area contributed by atoms with Gasteiger partial charge in [0.25, 0.3) is 0 Å². The number of hydrogen-bond donors (Lipinski definition) is 1.